The molecule has 2 aromatic heterocycles. The van der Waals surface area contributed by atoms with E-state index in [4.69, 9.17) is 11.6 Å². The Morgan fingerprint density at radius 1 is 0.968 bits per heavy atom. The zero-order chi connectivity index (χ0) is 22.0. The number of nitrogens with one attached hydrogen (secondary N) is 1. The van der Waals surface area contributed by atoms with E-state index in [9.17, 15) is 4.79 Å². The molecular weight excluding hydrogens is 410 g/mol. The Balaban J connectivity index is 1.39. The van der Waals surface area contributed by atoms with E-state index in [1.807, 2.05) is 65.8 Å². The minimum atomic E-state index is -0.193. The fourth-order valence-corrected chi connectivity index (χ4v) is 3.57. The molecule has 0 fully saturated rings. The van der Waals surface area contributed by atoms with Crippen molar-refractivity contribution in [2.45, 2.75) is 33.9 Å². The number of carbonyl (C=O) groups is 1. The van der Waals surface area contributed by atoms with Crippen LogP contribution >= 0.6 is 11.6 Å². The Hall–Kier alpha value is -3.38. The smallest absolute Gasteiger partial charge is 0.256 e. The van der Waals surface area contributed by atoms with Crippen molar-refractivity contribution in [2.75, 3.05) is 5.32 Å². The Kier molecular flexibility index (Phi) is 5.91. The third-order valence-electron chi connectivity index (χ3n) is 5.32. The molecule has 0 bridgehead atoms. The van der Waals surface area contributed by atoms with Gasteiger partial charge in [-0.3, -0.25) is 14.2 Å². The van der Waals surface area contributed by atoms with E-state index >= 15 is 0 Å². The number of aryl methyl sites for hydroxylation is 2. The highest BCUT2D eigenvalue weighted by Crippen LogP contribution is 2.20. The van der Waals surface area contributed by atoms with Gasteiger partial charge in [-0.15, -0.1) is 0 Å². The Morgan fingerprint density at radius 3 is 2.39 bits per heavy atom. The summed E-state index contributed by atoms with van der Waals surface area (Å²) in [7, 11) is 0. The van der Waals surface area contributed by atoms with E-state index < -0.39 is 0 Å². The minimum absolute atomic E-state index is 0.193. The normalized spacial score (nSPS) is 11.0. The second-order valence-corrected chi connectivity index (χ2v) is 8.00. The predicted octanol–water partition coefficient (Wildman–Crippen LogP) is 5.01. The molecule has 7 heteroatoms. The largest absolute Gasteiger partial charge is 0.305 e. The number of amides is 1. The fourth-order valence-electron chi connectivity index (χ4n) is 3.43. The lowest BCUT2D eigenvalue weighted by atomic mass is 10.1. The van der Waals surface area contributed by atoms with Gasteiger partial charge >= 0.3 is 0 Å². The number of benzene rings is 2. The van der Waals surface area contributed by atoms with Crippen LogP contribution in [0.5, 0.6) is 0 Å². The molecule has 0 unspecified atom stereocenters. The quantitative estimate of drug-likeness (QED) is 0.465. The van der Waals surface area contributed by atoms with E-state index in [1.54, 1.807) is 6.07 Å². The van der Waals surface area contributed by atoms with Gasteiger partial charge in [0.15, 0.2) is 5.82 Å². The first-order valence-electron chi connectivity index (χ1n) is 10.1. The van der Waals surface area contributed by atoms with Crippen molar-refractivity contribution in [1.82, 2.24) is 19.6 Å². The molecule has 0 radical (unpaired) electrons. The van der Waals surface area contributed by atoms with Gasteiger partial charge in [-0.1, -0.05) is 48.0 Å². The molecule has 31 heavy (non-hydrogen) atoms. The molecule has 4 rings (SSSR count). The fraction of sp³-hybridized carbons (Fsp3) is 0.208. The van der Waals surface area contributed by atoms with Crippen molar-refractivity contribution >= 4 is 23.3 Å². The number of halogens is 1. The summed E-state index contributed by atoms with van der Waals surface area (Å²) in [6.45, 7) is 7.18. The summed E-state index contributed by atoms with van der Waals surface area (Å²) in [5.41, 5.74) is 5.78. The number of hydrogen-bond acceptors (Lipinski definition) is 3. The van der Waals surface area contributed by atoms with Crippen LogP contribution in [0.2, 0.25) is 5.02 Å². The molecule has 2 heterocycles. The van der Waals surface area contributed by atoms with Crippen LogP contribution in [0.25, 0.3) is 0 Å². The van der Waals surface area contributed by atoms with Gasteiger partial charge in [0.25, 0.3) is 5.91 Å². The van der Waals surface area contributed by atoms with Gasteiger partial charge in [0.1, 0.15) is 0 Å². The topological polar surface area (TPSA) is 64.7 Å². The highest BCUT2D eigenvalue weighted by atomic mass is 35.5. The van der Waals surface area contributed by atoms with E-state index in [0.29, 0.717) is 29.5 Å². The number of carbonyl (C=O) groups excluding carboxylic acids is 1. The summed E-state index contributed by atoms with van der Waals surface area (Å²) in [5.74, 6) is 0.335. The highest BCUT2D eigenvalue weighted by molar-refractivity contribution is 6.31. The maximum Gasteiger partial charge on any atom is 0.256 e. The van der Waals surface area contributed by atoms with Crippen molar-refractivity contribution in [2.24, 2.45) is 0 Å². The van der Waals surface area contributed by atoms with Gasteiger partial charge in [0.05, 0.1) is 29.5 Å². The van der Waals surface area contributed by atoms with Crippen LogP contribution in [0, 0.1) is 20.8 Å². The average molecular weight is 434 g/mol. The summed E-state index contributed by atoms with van der Waals surface area (Å²) >= 11 is 6.22. The van der Waals surface area contributed by atoms with Crippen LogP contribution in [0.15, 0.2) is 60.8 Å². The minimum Gasteiger partial charge on any atom is -0.305 e. The van der Waals surface area contributed by atoms with Crippen LogP contribution in [-0.2, 0) is 13.1 Å². The highest BCUT2D eigenvalue weighted by Gasteiger charge is 2.11. The van der Waals surface area contributed by atoms with E-state index in [2.05, 4.69) is 34.6 Å². The van der Waals surface area contributed by atoms with Crippen LogP contribution in [0.4, 0.5) is 5.82 Å². The lowest BCUT2D eigenvalue weighted by Crippen LogP contribution is -2.13. The molecule has 158 valence electrons. The molecule has 0 saturated heterocycles. The summed E-state index contributed by atoms with van der Waals surface area (Å²) in [4.78, 5) is 12.6. The number of hydrogen-bond donors (Lipinski definition) is 1. The average Bonchev–Trinajstić information content (AvgIpc) is 3.29. The standard InChI is InChI=1S/C24H24ClN5O/c1-16-6-4-5-7-21(16)15-29-13-12-22(28-29)26-24(31)20-10-8-19(9-11-20)14-30-18(3)23(25)17(2)27-30/h4-13H,14-15H2,1-3H3,(H,26,28,31). The maximum absolute atomic E-state index is 12.6. The zero-order valence-corrected chi connectivity index (χ0v) is 18.5. The van der Waals surface area contributed by atoms with E-state index in [1.165, 1.54) is 11.1 Å². The monoisotopic (exact) mass is 433 g/mol. The SMILES string of the molecule is Cc1ccccc1Cn1ccc(NC(=O)c2ccc(Cn3nc(C)c(Cl)c3C)cc2)n1. The summed E-state index contributed by atoms with van der Waals surface area (Å²) in [6, 6.07) is 17.5. The second-order valence-electron chi connectivity index (χ2n) is 7.62. The van der Waals surface area contributed by atoms with Gasteiger partial charge in [0, 0.05) is 17.8 Å². The summed E-state index contributed by atoms with van der Waals surface area (Å²) in [5, 5.41) is 12.5. The Morgan fingerprint density at radius 2 is 1.71 bits per heavy atom. The first kappa shape index (κ1) is 20.9. The molecule has 4 aromatic rings. The maximum atomic E-state index is 12.6. The van der Waals surface area contributed by atoms with E-state index in [0.717, 1.165) is 17.0 Å². The zero-order valence-electron chi connectivity index (χ0n) is 17.8. The molecule has 0 aliphatic carbocycles. The summed E-state index contributed by atoms with van der Waals surface area (Å²) in [6.07, 6.45) is 1.87. The first-order chi connectivity index (χ1) is 14.9. The van der Waals surface area contributed by atoms with Crippen molar-refractivity contribution in [1.29, 1.82) is 0 Å². The molecule has 6 nitrogen and oxygen atoms in total. The third kappa shape index (κ3) is 4.70. The first-order valence-corrected chi connectivity index (χ1v) is 10.5. The van der Waals surface area contributed by atoms with Crippen LogP contribution in [-0.4, -0.2) is 25.5 Å². The van der Waals surface area contributed by atoms with Gasteiger partial charge in [0.2, 0.25) is 0 Å². The van der Waals surface area contributed by atoms with Gasteiger partial charge in [-0.05, 0) is 49.6 Å². The third-order valence-corrected chi connectivity index (χ3v) is 5.86. The predicted molar refractivity (Wildman–Crippen MR) is 123 cm³/mol. The van der Waals surface area contributed by atoms with Crippen molar-refractivity contribution in [3.8, 4) is 0 Å². The van der Waals surface area contributed by atoms with Crippen molar-refractivity contribution in [3.63, 3.8) is 0 Å². The molecule has 0 atom stereocenters. The lowest BCUT2D eigenvalue weighted by molar-refractivity contribution is 0.102. The number of aromatic nitrogens is 4. The lowest BCUT2D eigenvalue weighted by Gasteiger charge is -2.07. The van der Waals surface area contributed by atoms with Gasteiger partial charge in [-0.2, -0.15) is 10.2 Å². The molecule has 0 aliphatic rings. The molecule has 0 saturated carbocycles. The van der Waals surface area contributed by atoms with E-state index in [-0.39, 0.29) is 5.91 Å². The van der Waals surface area contributed by atoms with Crippen LogP contribution in [0.3, 0.4) is 0 Å². The molecule has 2 aromatic carbocycles. The van der Waals surface area contributed by atoms with Gasteiger partial charge in [-0.25, -0.2) is 0 Å². The summed E-state index contributed by atoms with van der Waals surface area (Å²) < 4.78 is 3.69. The van der Waals surface area contributed by atoms with Crippen molar-refractivity contribution in [3.05, 3.63) is 99.5 Å². The Bertz CT molecular complexity index is 1220. The molecule has 0 aliphatic heterocycles. The molecule has 1 N–H and O–H groups in total. The van der Waals surface area contributed by atoms with Crippen molar-refractivity contribution < 1.29 is 4.79 Å². The van der Waals surface area contributed by atoms with Gasteiger partial charge < -0.3 is 5.32 Å². The number of rotatable bonds is 6. The van der Waals surface area contributed by atoms with Crippen LogP contribution in [0.1, 0.15) is 38.4 Å². The van der Waals surface area contributed by atoms with Crippen LogP contribution < -0.4 is 5.32 Å². The molecular formula is C24H24ClN5O. The number of nitrogens with zero attached hydrogens (tertiary/aromatic N) is 4. The molecule has 1 amide bonds. The Labute approximate surface area is 186 Å². The molecule has 0 spiro atoms. The second kappa shape index (κ2) is 8.78. The number of anilines is 1.